The first-order chi connectivity index (χ1) is 7.72. The van der Waals surface area contributed by atoms with E-state index in [0.717, 1.165) is 19.5 Å². The van der Waals surface area contributed by atoms with Gasteiger partial charge >= 0.3 is 0 Å². The van der Waals surface area contributed by atoms with Gasteiger partial charge in [0.25, 0.3) is 0 Å². The highest BCUT2D eigenvalue weighted by molar-refractivity contribution is 5.55. The van der Waals surface area contributed by atoms with E-state index in [1.807, 2.05) is 0 Å². The van der Waals surface area contributed by atoms with Crippen LogP contribution in [0.2, 0.25) is 0 Å². The van der Waals surface area contributed by atoms with Crippen molar-refractivity contribution in [3.8, 4) is 0 Å². The van der Waals surface area contributed by atoms with Gasteiger partial charge in [-0.3, -0.25) is 0 Å². The largest absolute Gasteiger partial charge is 0.366 e. The Morgan fingerprint density at radius 1 is 1.31 bits per heavy atom. The summed E-state index contributed by atoms with van der Waals surface area (Å²) in [4.78, 5) is 2.54. The molecule has 0 saturated carbocycles. The summed E-state index contributed by atoms with van der Waals surface area (Å²) in [5.74, 6) is 0. The molecule has 0 aliphatic carbocycles. The zero-order valence-electron chi connectivity index (χ0n) is 10.5. The summed E-state index contributed by atoms with van der Waals surface area (Å²) in [5.41, 5.74) is 2.88. The molecule has 1 aliphatic rings. The topological polar surface area (TPSA) is 15.3 Å². The van der Waals surface area contributed by atoms with Gasteiger partial charge < -0.3 is 10.2 Å². The van der Waals surface area contributed by atoms with Crippen LogP contribution in [0.1, 0.15) is 26.3 Å². The Kier molecular flexibility index (Phi) is 3.49. The number of rotatable bonds is 2. The summed E-state index contributed by atoms with van der Waals surface area (Å²) in [6.07, 6.45) is 1.11. The lowest BCUT2D eigenvalue weighted by molar-refractivity contribution is 0.424. The molecule has 2 rings (SSSR count). The quantitative estimate of drug-likeness (QED) is 0.820. The van der Waals surface area contributed by atoms with Gasteiger partial charge in [0, 0.05) is 30.9 Å². The van der Waals surface area contributed by atoms with Gasteiger partial charge in [0.1, 0.15) is 0 Å². The monoisotopic (exact) mass is 218 g/mol. The predicted molar refractivity (Wildman–Crippen MR) is 70.1 cm³/mol. The van der Waals surface area contributed by atoms with Crippen molar-refractivity contribution in [1.29, 1.82) is 0 Å². The molecule has 0 amide bonds. The highest BCUT2D eigenvalue weighted by atomic mass is 15.2. The molecule has 1 aromatic rings. The number of aryl methyl sites for hydroxylation is 1. The Morgan fingerprint density at radius 3 is 2.81 bits per heavy atom. The Hall–Kier alpha value is -1.02. The minimum atomic E-state index is 0.584. The van der Waals surface area contributed by atoms with E-state index < -0.39 is 0 Å². The highest BCUT2D eigenvalue weighted by Crippen LogP contribution is 2.24. The predicted octanol–water partition coefficient (Wildman–Crippen LogP) is 2.44. The maximum Gasteiger partial charge on any atom is 0.0402 e. The maximum atomic E-state index is 3.53. The van der Waals surface area contributed by atoms with Gasteiger partial charge in [0.05, 0.1) is 0 Å². The van der Waals surface area contributed by atoms with Crippen LogP contribution in [-0.2, 0) is 6.42 Å². The fourth-order valence-corrected chi connectivity index (χ4v) is 2.45. The van der Waals surface area contributed by atoms with Crippen molar-refractivity contribution in [3.05, 3.63) is 29.8 Å². The van der Waals surface area contributed by atoms with Crippen LogP contribution in [0.5, 0.6) is 0 Å². The minimum absolute atomic E-state index is 0.584. The Balaban J connectivity index is 2.27. The Bertz CT molecular complexity index is 348. The molecular formula is C14H22N2. The number of benzene rings is 1. The lowest BCUT2D eigenvalue weighted by atomic mass is 10.0. The summed E-state index contributed by atoms with van der Waals surface area (Å²) in [7, 11) is 0. The second kappa shape index (κ2) is 4.88. The third-order valence-electron chi connectivity index (χ3n) is 3.45. The summed E-state index contributed by atoms with van der Waals surface area (Å²) < 4.78 is 0. The molecule has 0 radical (unpaired) electrons. The molecule has 2 nitrogen and oxygen atoms in total. The van der Waals surface area contributed by atoms with Crippen molar-refractivity contribution in [1.82, 2.24) is 5.32 Å². The lowest BCUT2D eigenvalue weighted by Crippen LogP contribution is -2.54. The van der Waals surface area contributed by atoms with Crippen molar-refractivity contribution < 1.29 is 0 Å². The van der Waals surface area contributed by atoms with E-state index in [2.05, 4.69) is 55.3 Å². The van der Waals surface area contributed by atoms with E-state index in [1.165, 1.54) is 11.3 Å². The number of nitrogens with one attached hydrogen (secondary N) is 1. The highest BCUT2D eigenvalue weighted by Gasteiger charge is 2.23. The van der Waals surface area contributed by atoms with Crippen LogP contribution >= 0.6 is 0 Å². The molecular weight excluding hydrogens is 196 g/mol. The standard InChI is InChI=1S/C14H22N2/c1-4-13-7-5-6-8-14(13)16-10-11(2)15-9-12(16)3/h5-8,11-12,15H,4,9-10H2,1-3H3. The number of nitrogens with zero attached hydrogens (tertiary/aromatic N) is 1. The molecule has 2 unspecified atom stereocenters. The third kappa shape index (κ3) is 2.22. The van der Waals surface area contributed by atoms with Crippen molar-refractivity contribution in [3.63, 3.8) is 0 Å². The van der Waals surface area contributed by atoms with E-state index in [4.69, 9.17) is 0 Å². The van der Waals surface area contributed by atoms with Gasteiger partial charge in [-0.05, 0) is 31.9 Å². The Labute approximate surface area is 98.7 Å². The van der Waals surface area contributed by atoms with Gasteiger partial charge in [-0.25, -0.2) is 0 Å². The molecule has 16 heavy (non-hydrogen) atoms. The second-order valence-electron chi connectivity index (χ2n) is 4.79. The molecule has 0 bridgehead atoms. The fourth-order valence-electron chi connectivity index (χ4n) is 2.45. The van der Waals surface area contributed by atoms with Crippen LogP contribution in [0.25, 0.3) is 0 Å². The van der Waals surface area contributed by atoms with Gasteiger partial charge in [-0.2, -0.15) is 0 Å². The first kappa shape index (κ1) is 11.5. The number of para-hydroxylation sites is 1. The maximum absolute atomic E-state index is 3.53. The third-order valence-corrected chi connectivity index (χ3v) is 3.45. The lowest BCUT2D eigenvalue weighted by Gasteiger charge is -2.40. The van der Waals surface area contributed by atoms with E-state index in [9.17, 15) is 0 Å². The smallest absolute Gasteiger partial charge is 0.0402 e. The molecule has 1 aliphatic heterocycles. The normalized spacial score (nSPS) is 25.8. The molecule has 2 heteroatoms. The summed E-state index contributed by atoms with van der Waals surface area (Å²) in [6.45, 7) is 8.98. The number of hydrogen-bond donors (Lipinski definition) is 1. The van der Waals surface area contributed by atoms with E-state index in [1.54, 1.807) is 0 Å². The second-order valence-corrected chi connectivity index (χ2v) is 4.79. The number of anilines is 1. The van der Waals surface area contributed by atoms with Crippen molar-refractivity contribution >= 4 is 5.69 Å². The van der Waals surface area contributed by atoms with E-state index >= 15 is 0 Å². The summed E-state index contributed by atoms with van der Waals surface area (Å²) >= 11 is 0. The molecule has 88 valence electrons. The molecule has 2 atom stereocenters. The van der Waals surface area contributed by atoms with Gasteiger partial charge in [0.15, 0.2) is 0 Å². The molecule has 0 aromatic heterocycles. The van der Waals surface area contributed by atoms with Crippen LogP contribution in [0.3, 0.4) is 0 Å². The van der Waals surface area contributed by atoms with Crippen molar-refractivity contribution in [2.24, 2.45) is 0 Å². The van der Waals surface area contributed by atoms with Gasteiger partial charge in [0.2, 0.25) is 0 Å². The van der Waals surface area contributed by atoms with Crippen LogP contribution < -0.4 is 10.2 Å². The zero-order valence-corrected chi connectivity index (χ0v) is 10.5. The average Bonchev–Trinajstić information content (AvgIpc) is 2.32. The molecule has 1 saturated heterocycles. The molecule has 1 N–H and O–H groups in total. The van der Waals surface area contributed by atoms with Crippen molar-refractivity contribution in [2.75, 3.05) is 18.0 Å². The summed E-state index contributed by atoms with van der Waals surface area (Å²) in [5, 5.41) is 3.53. The first-order valence-electron chi connectivity index (χ1n) is 6.30. The number of hydrogen-bond acceptors (Lipinski definition) is 2. The zero-order chi connectivity index (χ0) is 11.5. The first-order valence-corrected chi connectivity index (χ1v) is 6.30. The molecule has 1 aromatic carbocycles. The van der Waals surface area contributed by atoms with Gasteiger partial charge in [-0.15, -0.1) is 0 Å². The van der Waals surface area contributed by atoms with Crippen LogP contribution in [0, 0.1) is 0 Å². The number of piperazine rings is 1. The van der Waals surface area contributed by atoms with Crippen molar-refractivity contribution in [2.45, 2.75) is 39.3 Å². The SMILES string of the molecule is CCc1ccccc1N1CC(C)NCC1C. The van der Waals surface area contributed by atoms with Crippen LogP contribution in [0.15, 0.2) is 24.3 Å². The van der Waals surface area contributed by atoms with E-state index in [0.29, 0.717) is 12.1 Å². The Morgan fingerprint density at radius 2 is 2.06 bits per heavy atom. The summed E-state index contributed by atoms with van der Waals surface area (Å²) in [6, 6.07) is 9.96. The minimum Gasteiger partial charge on any atom is -0.366 e. The van der Waals surface area contributed by atoms with Crippen LogP contribution in [-0.4, -0.2) is 25.2 Å². The molecule has 1 heterocycles. The molecule has 0 spiro atoms. The average molecular weight is 218 g/mol. The van der Waals surface area contributed by atoms with E-state index in [-0.39, 0.29) is 0 Å². The molecule has 1 fully saturated rings. The fraction of sp³-hybridized carbons (Fsp3) is 0.571. The van der Waals surface area contributed by atoms with Gasteiger partial charge in [-0.1, -0.05) is 25.1 Å². The van der Waals surface area contributed by atoms with Crippen LogP contribution in [0.4, 0.5) is 5.69 Å².